The van der Waals surface area contributed by atoms with Crippen molar-refractivity contribution < 1.29 is 23.5 Å². The summed E-state index contributed by atoms with van der Waals surface area (Å²) >= 11 is 0. The summed E-state index contributed by atoms with van der Waals surface area (Å²) in [5, 5.41) is 9.28. The first-order chi connectivity index (χ1) is 12.1. The molecule has 1 amide bonds. The van der Waals surface area contributed by atoms with E-state index in [0.717, 1.165) is 12.8 Å². The number of benzene rings is 1. The largest absolute Gasteiger partial charge is 0.484 e. The third-order valence-corrected chi connectivity index (χ3v) is 3.69. The zero-order valence-electron chi connectivity index (χ0n) is 13.7. The van der Waals surface area contributed by atoms with Gasteiger partial charge in [-0.1, -0.05) is 6.07 Å². The molecule has 1 aromatic carbocycles. The van der Waals surface area contributed by atoms with E-state index >= 15 is 0 Å². The fraction of sp³-hybridized carbons (Fsp3) is 0.353. The third-order valence-electron chi connectivity index (χ3n) is 3.69. The Balaban J connectivity index is 1.66. The Morgan fingerprint density at radius 1 is 1.40 bits per heavy atom. The molecule has 1 aliphatic carbocycles. The van der Waals surface area contributed by atoms with Gasteiger partial charge in [0.05, 0.1) is 6.61 Å². The average molecular weight is 347 g/mol. The number of carbonyl (C=O) groups excluding carboxylic acids is 2. The average Bonchev–Trinajstić information content (AvgIpc) is 3.34. The molecule has 0 spiro atoms. The quantitative estimate of drug-likeness (QED) is 0.751. The minimum absolute atomic E-state index is 0.178. The number of H-pyrrole nitrogens is 1. The van der Waals surface area contributed by atoms with E-state index in [-0.39, 0.29) is 30.6 Å². The lowest BCUT2D eigenvalue weighted by atomic mass is 10.1. The van der Waals surface area contributed by atoms with Gasteiger partial charge in [0.15, 0.2) is 12.4 Å². The van der Waals surface area contributed by atoms with E-state index in [1.165, 1.54) is 18.2 Å². The first kappa shape index (κ1) is 16.9. The highest BCUT2D eigenvalue weighted by Crippen LogP contribution is 2.44. The van der Waals surface area contributed by atoms with Crippen molar-refractivity contribution in [1.29, 1.82) is 0 Å². The van der Waals surface area contributed by atoms with Crippen LogP contribution in [0.2, 0.25) is 0 Å². The fourth-order valence-electron chi connectivity index (χ4n) is 2.45. The van der Waals surface area contributed by atoms with E-state index in [4.69, 9.17) is 9.47 Å². The number of aromatic amines is 1. The number of aromatic nitrogens is 2. The van der Waals surface area contributed by atoms with Crippen LogP contribution in [0.1, 0.15) is 41.7 Å². The summed E-state index contributed by atoms with van der Waals surface area (Å²) < 4.78 is 23.3. The van der Waals surface area contributed by atoms with Crippen molar-refractivity contribution in [3.8, 4) is 5.75 Å². The van der Waals surface area contributed by atoms with Crippen LogP contribution >= 0.6 is 0 Å². The molecule has 2 aromatic rings. The van der Waals surface area contributed by atoms with E-state index in [0.29, 0.717) is 11.4 Å². The molecule has 1 heterocycles. The minimum atomic E-state index is -0.492. The molecule has 1 aromatic heterocycles. The van der Waals surface area contributed by atoms with Crippen molar-refractivity contribution in [2.75, 3.05) is 18.5 Å². The molecule has 0 atom stereocenters. The molecule has 0 aliphatic heterocycles. The fourth-order valence-corrected chi connectivity index (χ4v) is 2.45. The number of amides is 1. The first-order valence-corrected chi connectivity index (χ1v) is 8.02. The van der Waals surface area contributed by atoms with Crippen LogP contribution in [0.25, 0.3) is 0 Å². The normalized spacial score (nSPS) is 13.4. The standard InChI is InChI=1S/C17H18FN3O4/c1-2-24-17(23)15-14(10-6-7-10)16(21-20-15)19-13(22)9-25-12-5-3-4-11(18)8-12/h3-5,8,10H,2,6-7,9H2,1H3,(H2,19,20,21,22). The number of hydrogen-bond donors (Lipinski definition) is 2. The maximum Gasteiger partial charge on any atom is 0.356 e. The van der Waals surface area contributed by atoms with Gasteiger partial charge in [-0.05, 0) is 37.8 Å². The molecule has 0 saturated heterocycles. The lowest BCUT2D eigenvalue weighted by molar-refractivity contribution is -0.118. The molecule has 0 unspecified atom stereocenters. The SMILES string of the molecule is CCOC(=O)c1[nH]nc(NC(=O)COc2cccc(F)c2)c1C1CC1. The van der Waals surface area contributed by atoms with Crippen molar-refractivity contribution in [3.05, 3.63) is 41.3 Å². The number of nitrogens with one attached hydrogen (secondary N) is 2. The van der Waals surface area contributed by atoms with Crippen molar-refractivity contribution in [2.24, 2.45) is 0 Å². The Hall–Kier alpha value is -2.90. The molecule has 3 rings (SSSR count). The van der Waals surface area contributed by atoms with Crippen LogP contribution < -0.4 is 10.1 Å². The third kappa shape index (κ3) is 4.14. The highest BCUT2D eigenvalue weighted by atomic mass is 19.1. The van der Waals surface area contributed by atoms with Crippen molar-refractivity contribution in [3.63, 3.8) is 0 Å². The summed E-state index contributed by atoms with van der Waals surface area (Å²) in [6.45, 7) is 1.68. The minimum Gasteiger partial charge on any atom is -0.484 e. The van der Waals surface area contributed by atoms with E-state index in [1.807, 2.05) is 0 Å². The van der Waals surface area contributed by atoms with Crippen LogP contribution in [0.3, 0.4) is 0 Å². The molecule has 25 heavy (non-hydrogen) atoms. The molecular formula is C17H18FN3O4. The number of ether oxygens (including phenoxy) is 2. The van der Waals surface area contributed by atoms with Gasteiger partial charge in [0.2, 0.25) is 0 Å². The van der Waals surface area contributed by atoms with Gasteiger partial charge in [0.1, 0.15) is 17.3 Å². The summed E-state index contributed by atoms with van der Waals surface area (Å²) in [5.41, 5.74) is 0.934. The molecule has 1 aliphatic rings. The van der Waals surface area contributed by atoms with Crippen molar-refractivity contribution in [2.45, 2.75) is 25.7 Å². The van der Waals surface area contributed by atoms with Crippen LogP contribution in [-0.2, 0) is 9.53 Å². The highest BCUT2D eigenvalue weighted by Gasteiger charge is 2.34. The number of carbonyl (C=O) groups is 2. The zero-order valence-corrected chi connectivity index (χ0v) is 13.7. The maximum absolute atomic E-state index is 13.1. The van der Waals surface area contributed by atoms with Gasteiger partial charge in [-0.2, -0.15) is 5.10 Å². The van der Waals surface area contributed by atoms with Gasteiger partial charge in [-0.3, -0.25) is 9.89 Å². The zero-order chi connectivity index (χ0) is 17.8. The smallest absolute Gasteiger partial charge is 0.356 e. The van der Waals surface area contributed by atoms with E-state index in [1.54, 1.807) is 13.0 Å². The Bertz CT molecular complexity index is 786. The summed E-state index contributed by atoms with van der Waals surface area (Å²) in [6.07, 6.45) is 1.85. The number of anilines is 1. The van der Waals surface area contributed by atoms with Gasteiger partial charge in [-0.25, -0.2) is 9.18 Å². The lowest BCUT2D eigenvalue weighted by Crippen LogP contribution is -2.21. The summed E-state index contributed by atoms with van der Waals surface area (Å²) in [6, 6.07) is 5.53. The second-order valence-corrected chi connectivity index (χ2v) is 5.65. The molecular weight excluding hydrogens is 329 g/mol. The van der Waals surface area contributed by atoms with Gasteiger partial charge in [0, 0.05) is 11.6 Å². The van der Waals surface area contributed by atoms with Crippen LogP contribution in [-0.4, -0.2) is 35.3 Å². The molecule has 1 fully saturated rings. The van der Waals surface area contributed by atoms with Gasteiger partial charge >= 0.3 is 5.97 Å². The molecule has 8 heteroatoms. The van der Waals surface area contributed by atoms with Gasteiger partial charge in [-0.15, -0.1) is 0 Å². The summed E-state index contributed by atoms with van der Waals surface area (Å²) in [4.78, 5) is 24.0. The van der Waals surface area contributed by atoms with Crippen LogP contribution in [0.4, 0.5) is 10.2 Å². The molecule has 132 valence electrons. The number of rotatable bonds is 7. The predicted molar refractivity (Wildman–Crippen MR) is 87.0 cm³/mol. The molecule has 0 bridgehead atoms. The van der Waals surface area contributed by atoms with Crippen LogP contribution in [0, 0.1) is 5.82 Å². The molecule has 1 saturated carbocycles. The van der Waals surface area contributed by atoms with E-state index in [2.05, 4.69) is 15.5 Å². The van der Waals surface area contributed by atoms with Crippen LogP contribution in [0.15, 0.2) is 24.3 Å². The Labute approximate surface area is 143 Å². The summed E-state index contributed by atoms with van der Waals surface area (Å²) in [7, 11) is 0. The Morgan fingerprint density at radius 2 is 2.20 bits per heavy atom. The van der Waals surface area contributed by atoms with Gasteiger partial charge in [0.25, 0.3) is 5.91 Å². The molecule has 2 N–H and O–H groups in total. The van der Waals surface area contributed by atoms with Gasteiger partial charge < -0.3 is 14.8 Å². The number of nitrogens with zero attached hydrogens (tertiary/aromatic N) is 1. The lowest BCUT2D eigenvalue weighted by Gasteiger charge is -2.08. The summed E-state index contributed by atoms with van der Waals surface area (Å²) in [5.74, 6) is -0.649. The highest BCUT2D eigenvalue weighted by molar-refractivity contribution is 5.96. The molecule has 0 radical (unpaired) electrons. The first-order valence-electron chi connectivity index (χ1n) is 8.02. The second kappa shape index (κ2) is 7.33. The van der Waals surface area contributed by atoms with E-state index < -0.39 is 17.7 Å². The van der Waals surface area contributed by atoms with E-state index in [9.17, 15) is 14.0 Å². The molecule has 7 nitrogen and oxygen atoms in total. The van der Waals surface area contributed by atoms with Crippen LogP contribution in [0.5, 0.6) is 5.75 Å². The topological polar surface area (TPSA) is 93.3 Å². The predicted octanol–water partition coefficient (Wildman–Crippen LogP) is 2.62. The monoisotopic (exact) mass is 347 g/mol. The Morgan fingerprint density at radius 3 is 2.88 bits per heavy atom. The Kier molecular flexibility index (Phi) is 4.97. The second-order valence-electron chi connectivity index (χ2n) is 5.65. The number of halogens is 1. The van der Waals surface area contributed by atoms with Crippen molar-refractivity contribution in [1.82, 2.24) is 10.2 Å². The number of esters is 1. The number of hydrogen-bond acceptors (Lipinski definition) is 5. The van der Waals surface area contributed by atoms with Crippen molar-refractivity contribution >= 4 is 17.7 Å². The maximum atomic E-state index is 13.1.